The summed E-state index contributed by atoms with van der Waals surface area (Å²) in [5.41, 5.74) is 6.14. The molecule has 0 saturated carbocycles. The van der Waals surface area contributed by atoms with Gasteiger partial charge in [-0.1, -0.05) is 5.16 Å². The lowest BCUT2D eigenvalue weighted by atomic mass is 10.2. The zero-order chi connectivity index (χ0) is 13.7. The maximum atomic E-state index is 8.57. The molecule has 0 amide bonds. The van der Waals surface area contributed by atoms with Crippen molar-refractivity contribution < 1.29 is 14.7 Å². The Kier molecular flexibility index (Phi) is 4.59. The van der Waals surface area contributed by atoms with Gasteiger partial charge in [-0.15, -0.1) is 0 Å². The maximum absolute atomic E-state index is 8.57. The quantitative estimate of drug-likeness (QED) is 0.358. The molecule has 104 valence electrons. The number of ether oxygens (including phenoxy) is 2. The number of hydrogen-bond donors (Lipinski definition) is 2. The molecule has 3 N–H and O–H groups in total. The zero-order valence-corrected chi connectivity index (χ0v) is 11.0. The van der Waals surface area contributed by atoms with Crippen LogP contribution >= 0.6 is 0 Å². The van der Waals surface area contributed by atoms with Crippen LogP contribution in [-0.2, 0) is 4.74 Å². The fraction of sp³-hybridized carbons (Fsp3) is 0.462. The van der Waals surface area contributed by atoms with Crippen LogP contribution in [0.1, 0.15) is 5.56 Å². The third-order valence-corrected chi connectivity index (χ3v) is 3.04. The SMILES string of the molecule is CN1CCOC(COc2ccc(C(N)=NO)cc2)C1. The van der Waals surface area contributed by atoms with Crippen molar-refractivity contribution >= 4 is 5.84 Å². The summed E-state index contributed by atoms with van der Waals surface area (Å²) >= 11 is 0. The van der Waals surface area contributed by atoms with E-state index in [-0.39, 0.29) is 11.9 Å². The second-order valence-electron chi connectivity index (χ2n) is 4.58. The Morgan fingerprint density at radius 1 is 1.53 bits per heavy atom. The van der Waals surface area contributed by atoms with Crippen LogP contribution < -0.4 is 10.5 Å². The van der Waals surface area contributed by atoms with E-state index < -0.39 is 0 Å². The van der Waals surface area contributed by atoms with E-state index in [1.807, 2.05) is 0 Å². The van der Waals surface area contributed by atoms with Crippen LogP contribution in [0.3, 0.4) is 0 Å². The molecule has 1 aliphatic rings. The smallest absolute Gasteiger partial charge is 0.170 e. The summed E-state index contributed by atoms with van der Waals surface area (Å²) in [6.45, 7) is 3.10. The van der Waals surface area contributed by atoms with Crippen molar-refractivity contribution in [3.63, 3.8) is 0 Å². The molecule has 2 rings (SSSR count). The van der Waals surface area contributed by atoms with Crippen LogP contribution in [0.4, 0.5) is 0 Å². The Balaban J connectivity index is 1.86. The minimum atomic E-state index is 0.0868. The van der Waals surface area contributed by atoms with Gasteiger partial charge in [-0.2, -0.15) is 0 Å². The van der Waals surface area contributed by atoms with E-state index in [1.54, 1.807) is 24.3 Å². The molecule has 1 unspecified atom stereocenters. The predicted octanol–water partition coefficient (Wildman–Crippen LogP) is 0.491. The number of nitrogens with zero attached hydrogens (tertiary/aromatic N) is 2. The monoisotopic (exact) mass is 265 g/mol. The molecular formula is C13H19N3O3. The lowest BCUT2D eigenvalue weighted by molar-refractivity contribution is -0.0403. The summed E-state index contributed by atoms with van der Waals surface area (Å²) in [6, 6.07) is 7.08. The number of morpholine rings is 1. The van der Waals surface area contributed by atoms with Crippen molar-refractivity contribution in [1.82, 2.24) is 4.90 Å². The van der Waals surface area contributed by atoms with Gasteiger partial charge in [0.1, 0.15) is 18.5 Å². The van der Waals surface area contributed by atoms with Crippen molar-refractivity contribution in [1.29, 1.82) is 0 Å². The van der Waals surface area contributed by atoms with Crippen LogP contribution in [0.2, 0.25) is 0 Å². The fourth-order valence-electron chi connectivity index (χ4n) is 1.94. The Hall–Kier alpha value is -1.79. The highest BCUT2D eigenvalue weighted by atomic mass is 16.5. The lowest BCUT2D eigenvalue weighted by Gasteiger charge is -2.29. The first-order valence-corrected chi connectivity index (χ1v) is 6.20. The van der Waals surface area contributed by atoms with Gasteiger partial charge in [-0.05, 0) is 31.3 Å². The molecule has 1 aromatic rings. The molecule has 0 aliphatic carbocycles. The molecule has 6 nitrogen and oxygen atoms in total. The summed E-state index contributed by atoms with van der Waals surface area (Å²) in [5.74, 6) is 0.829. The standard InChI is InChI=1S/C13H19N3O3/c1-16-6-7-18-12(8-16)9-19-11-4-2-10(3-5-11)13(14)15-17/h2-5,12,17H,6-9H2,1H3,(H2,14,15). The summed E-state index contributed by atoms with van der Waals surface area (Å²) in [4.78, 5) is 2.22. The summed E-state index contributed by atoms with van der Waals surface area (Å²) < 4.78 is 11.3. The van der Waals surface area contributed by atoms with E-state index in [0.29, 0.717) is 12.2 Å². The van der Waals surface area contributed by atoms with Gasteiger partial charge < -0.3 is 25.3 Å². The number of oxime groups is 1. The molecule has 1 fully saturated rings. The number of rotatable bonds is 4. The molecule has 19 heavy (non-hydrogen) atoms. The zero-order valence-electron chi connectivity index (χ0n) is 11.0. The minimum Gasteiger partial charge on any atom is -0.491 e. The first kappa shape index (κ1) is 13.6. The summed E-state index contributed by atoms with van der Waals surface area (Å²) in [5, 5.41) is 11.5. The topological polar surface area (TPSA) is 80.3 Å². The van der Waals surface area contributed by atoms with Gasteiger partial charge in [-0.25, -0.2) is 0 Å². The Morgan fingerprint density at radius 3 is 2.89 bits per heavy atom. The van der Waals surface area contributed by atoms with E-state index in [9.17, 15) is 0 Å². The van der Waals surface area contributed by atoms with Crippen molar-refractivity contribution in [2.75, 3.05) is 33.4 Å². The first-order valence-electron chi connectivity index (χ1n) is 6.20. The van der Waals surface area contributed by atoms with Gasteiger partial charge >= 0.3 is 0 Å². The molecule has 1 saturated heterocycles. The first-order chi connectivity index (χ1) is 9.19. The van der Waals surface area contributed by atoms with E-state index in [1.165, 1.54) is 0 Å². The van der Waals surface area contributed by atoms with E-state index in [2.05, 4.69) is 17.1 Å². The van der Waals surface area contributed by atoms with Crippen molar-refractivity contribution in [3.8, 4) is 5.75 Å². The van der Waals surface area contributed by atoms with Gasteiger partial charge in [0, 0.05) is 18.7 Å². The summed E-state index contributed by atoms with van der Waals surface area (Å²) in [6.07, 6.45) is 0.0995. The second kappa shape index (κ2) is 6.40. The largest absolute Gasteiger partial charge is 0.491 e. The van der Waals surface area contributed by atoms with Gasteiger partial charge in [-0.3, -0.25) is 0 Å². The maximum Gasteiger partial charge on any atom is 0.170 e. The van der Waals surface area contributed by atoms with E-state index in [0.717, 1.165) is 25.4 Å². The van der Waals surface area contributed by atoms with E-state index >= 15 is 0 Å². The Morgan fingerprint density at radius 2 is 2.26 bits per heavy atom. The normalized spacial score (nSPS) is 21.3. The third-order valence-electron chi connectivity index (χ3n) is 3.04. The average Bonchev–Trinajstić information content (AvgIpc) is 2.45. The predicted molar refractivity (Wildman–Crippen MR) is 71.7 cm³/mol. The molecule has 1 aromatic carbocycles. The van der Waals surface area contributed by atoms with Gasteiger partial charge in [0.05, 0.1) is 6.61 Å². The Labute approximate surface area is 112 Å². The number of nitrogens with two attached hydrogens (primary N) is 1. The highest BCUT2D eigenvalue weighted by Gasteiger charge is 2.18. The molecular weight excluding hydrogens is 246 g/mol. The Bertz CT molecular complexity index is 433. The van der Waals surface area contributed by atoms with Crippen LogP contribution in [0.15, 0.2) is 29.4 Å². The highest BCUT2D eigenvalue weighted by Crippen LogP contribution is 2.13. The van der Waals surface area contributed by atoms with Crippen molar-refractivity contribution in [3.05, 3.63) is 29.8 Å². The van der Waals surface area contributed by atoms with Crippen LogP contribution in [-0.4, -0.2) is 55.4 Å². The number of amidine groups is 1. The summed E-state index contributed by atoms with van der Waals surface area (Å²) in [7, 11) is 2.07. The molecule has 6 heteroatoms. The fourth-order valence-corrected chi connectivity index (χ4v) is 1.94. The van der Waals surface area contributed by atoms with Gasteiger partial charge in [0.2, 0.25) is 0 Å². The molecule has 1 aliphatic heterocycles. The van der Waals surface area contributed by atoms with Crippen LogP contribution in [0.5, 0.6) is 5.75 Å². The lowest BCUT2D eigenvalue weighted by Crippen LogP contribution is -2.42. The van der Waals surface area contributed by atoms with Crippen molar-refractivity contribution in [2.24, 2.45) is 10.9 Å². The van der Waals surface area contributed by atoms with Crippen molar-refractivity contribution in [2.45, 2.75) is 6.10 Å². The molecule has 0 aromatic heterocycles. The highest BCUT2D eigenvalue weighted by molar-refractivity contribution is 5.97. The third kappa shape index (κ3) is 3.84. The molecule has 0 bridgehead atoms. The molecule has 1 atom stereocenters. The van der Waals surface area contributed by atoms with Crippen LogP contribution in [0.25, 0.3) is 0 Å². The molecule has 0 radical (unpaired) electrons. The number of benzene rings is 1. The number of likely N-dealkylation sites (N-methyl/N-ethyl adjacent to an activating group) is 1. The molecule has 0 spiro atoms. The van der Waals surface area contributed by atoms with E-state index in [4.69, 9.17) is 20.4 Å². The average molecular weight is 265 g/mol. The van der Waals surface area contributed by atoms with Gasteiger partial charge in [0.25, 0.3) is 0 Å². The number of hydrogen-bond acceptors (Lipinski definition) is 5. The second-order valence-corrected chi connectivity index (χ2v) is 4.58. The van der Waals surface area contributed by atoms with Gasteiger partial charge in [0.15, 0.2) is 5.84 Å². The minimum absolute atomic E-state index is 0.0868. The van der Waals surface area contributed by atoms with Crippen LogP contribution in [0, 0.1) is 0 Å². The molecule has 1 heterocycles.